The molecule has 0 aromatic heterocycles. The van der Waals surface area contributed by atoms with Gasteiger partial charge >= 0.3 is 29.6 Å². The average molecular weight is 154 g/mol. The Morgan fingerprint density at radius 3 is 2.20 bits per heavy atom. The van der Waals surface area contributed by atoms with Crippen LogP contribution in [0.15, 0.2) is 0 Å². The van der Waals surface area contributed by atoms with Gasteiger partial charge < -0.3 is 20.5 Å². The number of hydrogen-bond donors (Lipinski definition) is 2. The molecule has 0 fully saturated rings. The molecule has 5 heteroatoms. The molecule has 0 aromatic rings. The topological polar surface area (TPSA) is 64.2 Å². The first-order valence-corrected chi connectivity index (χ1v) is 2.75. The first kappa shape index (κ1) is 13.0. The smallest absolute Gasteiger partial charge is 0.548 e. The van der Waals surface area contributed by atoms with Gasteiger partial charge in [-0.2, -0.15) is 0 Å². The van der Waals surface area contributed by atoms with Gasteiger partial charge in [-0.15, -0.1) is 0 Å². The monoisotopic (exact) mass is 154 g/mol. The van der Waals surface area contributed by atoms with Crippen LogP contribution in [0.25, 0.3) is 0 Å². The fraction of sp³-hybridized carbons (Fsp3) is 0.800. The number of hydrogen-bond acceptors (Lipinski definition) is 4. The third kappa shape index (κ3) is 5.20. The molecule has 0 rings (SSSR count). The Morgan fingerprint density at radius 2 is 2.10 bits per heavy atom. The van der Waals surface area contributed by atoms with E-state index in [-0.39, 0.29) is 29.6 Å². The Kier molecular flexibility index (Phi) is 9.76. The van der Waals surface area contributed by atoms with Crippen molar-refractivity contribution < 1.29 is 39.5 Å². The van der Waals surface area contributed by atoms with Gasteiger partial charge in [-0.25, -0.2) is 0 Å². The van der Waals surface area contributed by atoms with Crippen LogP contribution in [-0.2, 0) is 4.79 Å². The van der Waals surface area contributed by atoms with Crippen LogP contribution < -0.4 is 45.3 Å². The van der Waals surface area contributed by atoms with Crippen LogP contribution in [0.1, 0.15) is 0 Å². The minimum atomic E-state index is -1.08. The molecule has 0 amide bonds. The maximum absolute atomic E-state index is 10.1. The second-order valence-electron chi connectivity index (χ2n) is 1.72. The summed E-state index contributed by atoms with van der Waals surface area (Å²) in [5.41, 5.74) is 0. The number of carboxylic acid groups (broad SMARTS) is 1. The number of carbonyl (C=O) groups is 1. The molecule has 0 aliphatic carbocycles. The fourth-order valence-corrected chi connectivity index (χ4v) is 0.507. The number of aliphatic carboxylic acids is 1. The van der Waals surface area contributed by atoms with E-state index in [4.69, 9.17) is 0 Å². The van der Waals surface area contributed by atoms with E-state index in [1.807, 2.05) is 0 Å². The minimum absolute atomic E-state index is 0. The molecule has 0 aliphatic rings. The van der Waals surface area contributed by atoms with Crippen molar-refractivity contribution in [2.45, 2.75) is 6.04 Å². The minimum Gasteiger partial charge on any atom is -0.548 e. The molecule has 10 heavy (non-hydrogen) atoms. The quantitative estimate of drug-likeness (QED) is 0.397. The van der Waals surface area contributed by atoms with Gasteiger partial charge in [0.2, 0.25) is 0 Å². The van der Waals surface area contributed by atoms with Crippen molar-refractivity contribution in [3.05, 3.63) is 0 Å². The molecule has 1 unspecified atom stereocenters. The van der Waals surface area contributed by atoms with Crippen molar-refractivity contribution in [2.75, 3.05) is 20.6 Å². The molecule has 0 saturated carbocycles. The van der Waals surface area contributed by atoms with Gasteiger partial charge in [0.25, 0.3) is 0 Å². The van der Waals surface area contributed by atoms with Gasteiger partial charge in [0.1, 0.15) is 0 Å². The summed E-state index contributed by atoms with van der Waals surface area (Å²) in [5, 5.41) is 15.4. The molecule has 4 nitrogen and oxygen atoms in total. The van der Waals surface area contributed by atoms with Gasteiger partial charge in [0.15, 0.2) is 0 Å². The van der Waals surface area contributed by atoms with Gasteiger partial charge in [-0.3, -0.25) is 0 Å². The molecule has 0 bridgehead atoms. The molecule has 54 valence electrons. The van der Waals surface area contributed by atoms with E-state index in [0.29, 0.717) is 6.54 Å². The molecule has 1 atom stereocenters. The van der Waals surface area contributed by atoms with Crippen molar-refractivity contribution in [3.63, 3.8) is 0 Å². The summed E-state index contributed by atoms with van der Waals surface area (Å²) in [5.74, 6) is -1.08. The summed E-state index contributed by atoms with van der Waals surface area (Å²) in [7, 11) is 3.27. The van der Waals surface area contributed by atoms with Crippen molar-refractivity contribution >= 4 is 5.97 Å². The zero-order valence-corrected chi connectivity index (χ0v) is 8.60. The molecule has 0 saturated heterocycles. The van der Waals surface area contributed by atoms with Crippen molar-refractivity contribution in [3.8, 4) is 0 Å². The standard InChI is InChI=1S/C5H12N2O2.Na/c1-6-3-4(7-2)5(8)9;/h4,6-7H,3H2,1-2H3,(H,8,9);/q;+1/p-1. The second kappa shape index (κ2) is 7.50. The molecule has 0 aromatic carbocycles. The number of carbonyl (C=O) groups excluding carboxylic acids is 1. The molecule has 0 spiro atoms. The van der Waals surface area contributed by atoms with Crippen LogP contribution in [-0.4, -0.2) is 32.7 Å². The summed E-state index contributed by atoms with van der Waals surface area (Å²) in [6.45, 7) is 0.388. The van der Waals surface area contributed by atoms with Crippen LogP contribution in [0.4, 0.5) is 0 Å². The van der Waals surface area contributed by atoms with Crippen molar-refractivity contribution in [1.29, 1.82) is 0 Å². The molecular formula is C5H11N2NaO2. The summed E-state index contributed by atoms with van der Waals surface area (Å²) in [6.07, 6.45) is 0. The van der Waals surface area contributed by atoms with Crippen LogP contribution in [0, 0.1) is 0 Å². The van der Waals surface area contributed by atoms with Gasteiger partial charge in [0.05, 0.1) is 12.0 Å². The van der Waals surface area contributed by atoms with E-state index in [2.05, 4.69) is 10.6 Å². The van der Waals surface area contributed by atoms with Crippen LogP contribution >= 0.6 is 0 Å². The maximum Gasteiger partial charge on any atom is 1.00 e. The molecule has 0 radical (unpaired) electrons. The average Bonchev–Trinajstić information content (AvgIpc) is 1.82. The molecule has 0 aliphatic heterocycles. The Labute approximate surface area is 82.7 Å². The third-order valence-electron chi connectivity index (χ3n) is 1.04. The largest absolute Gasteiger partial charge is 1.00 e. The zero-order chi connectivity index (χ0) is 7.28. The van der Waals surface area contributed by atoms with Crippen LogP contribution in [0.2, 0.25) is 0 Å². The SMILES string of the molecule is CNCC(NC)C(=O)[O-].[Na+]. The number of likely N-dealkylation sites (N-methyl/N-ethyl adjacent to an activating group) is 2. The van der Waals surface area contributed by atoms with Gasteiger partial charge in [-0.1, -0.05) is 0 Å². The van der Waals surface area contributed by atoms with E-state index in [1.54, 1.807) is 14.1 Å². The third-order valence-corrected chi connectivity index (χ3v) is 1.04. The number of rotatable bonds is 4. The van der Waals surface area contributed by atoms with Crippen molar-refractivity contribution in [2.24, 2.45) is 0 Å². The molecular weight excluding hydrogens is 143 g/mol. The number of carboxylic acids is 1. The normalized spacial score (nSPS) is 11.8. The summed E-state index contributed by atoms with van der Waals surface area (Å²) in [4.78, 5) is 10.1. The Morgan fingerprint density at radius 1 is 1.60 bits per heavy atom. The maximum atomic E-state index is 10.1. The van der Waals surface area contributed by atoms with Crippen LogP contribution in [0.5, 0.6) is 0 Å². The predicted molar refractivity (Wildman–Crippen MR) is 31.8 cm³/mol. The number of nitrogens with one attached hydrogen (secondary N) is 2. The predicted octanol–water partition coefficient (Wildman–Crippen LogP) is -5.45. The van der Waals surface area contributed by atoms with Gasteiger partial charge in [-0.05, 0) is 14.1 Å². The van der Waals surface area contributed by atoms with Gasteiger partial charge in [0, 0.05) is 6.54 Å². The summed E-state index contributed by atoms with van der Waals surface area (Å²) >= 11 is 0. The van der Waals surface area contributed by atoms with Crippen molar-refractivity contribution in [1.82, 2.24) is 10.6 Å². The molecule has 0 heterocycles. The Hall–Kier alpha value is 0.390. The van der Waals surface area contributed by atoms with E-state index in [9.17, 15) is 9.90 Å². The van der Waals surface area contributed by atoms with E-state index in [0.717, 1.165) is 0 Å². The van der Waals surface area contributed by atoms with Crippen LogP contribution in [0.3, 0.4) is 0 Å². The summed E-state index contributed by atoms with van der Waals surface area (Å²) < 4.78 is 0. The van der Waals surface area contributed by atoms with E-state index >= 15 is 0 Å². The molecule has 2 N–H and O–H groups in total. The second-order valence-corrected chi connectivity index (χ2v) is 1.72. The zero-order valence-electron chi connectivity index (χ0n) is 6.60. The first-order valence-electron chi connectivity index (χ1n) is 2.75. The van der Waals surface area contributed by atoms with E-state index in [1.165, 1.54) is 0 Å². The Balaban J connectivity index is 0. The summed E-state index contributed by atoms with van der Waals surface area (Å²) in [6, 6.07) is -0.588. The Bertz CT molecular complexity index is 99.6. The van der Waals surface area contributed by atoms with E-state index < -0.39 is 12.0 Å². The fourth-order valence-electron chi connectivity index (χ4n) is 0.507. The first-order chi connectivity index (χ1) is 4.22.